The van der Waals surface area contributed by atoms with Crippen molar-refractivity contribution >= 4 is 28.6 Å². The molecule has 1 aromatic heterocycles. The van der Waals surface area contributed by atoms with Crippen LogP contribution in [0.15, 0.2) is 41.1 Å². The SMILES string of the molecule is CN1CCN(c2ccc(NC(=O)c3ccsc3)cc2)CC1. The maximum atomic E-state index is 12.0. The van der Waals surface area contributed by atoms with Gasteiger partial charge in [0.2, 0.25) is 0 Å². The molecule has 1 amide bonds. The lowest BCUT2D eigenvalue weighted by molar-refractivity contribution is 0.102. The Morgan fingerprint density at radius 1 is 1.10 bits per heavy atom. The van der Waals surface area contributed by atoms with E-state index in [-0.39, 0.29) is 5.91 Å². The lowest BCUT2D eigenvalue weighted by Crippen LogP contribution is -2.44. The van der Waals surface area contributed by atoms with E-state index in [4.69, 9.17) is 0 Å². The average Bonchev–Trinajstić information content (AvgIpc) is 3.03. The van der Waals surface area contributed by atoms with E-state index < -0.39 is 0 Å². The number of carbonyl (C=O) groups excluding carboxylic acids is 1. The maximum absolute atomic E-state index is 12.0. The monoisotopic (exact) mass is 301 g/mol. The minimum absolute atomic E-state index is 0.0522. The van der Waals surface area contributed by atoms with Crippen molar-refractivity contribution in [1.29, 1.82) is 0 Å². The van der Waals surface area contributed by atoms with Crippen LogP contribution in [0.3, 0.4) is 0 Å². The van der Waals surface area contributed by atoms with Gasteiger partial charge < -0.3 is 15.1 Å². The second-order valence-corrected chi connectivity index (χ2v) is 6.08. The third kappa shape index (κ3) is 3.43. The highest BCUT2D eigenvalue weighted by molar-refractivity contribution is 7.08. The first-order valence-electron chi connectivity index (χ1n) is 7.09. The molecule has 1 fully saturated rings. The average molecular weight is 301 g/mol. The molecule has 0 bridgehead atoms. The van der Waals surface area contributed by atoms with Crippen molar-refractivity contribution in [3.8, 4) is 0 Å². The van der Waals surface area contributed by atoms with Gasteiger partial charge in [-0.1, -0.05) is 0 Å². The Kier molecular flexibility index (Phi) is 4.22. The molecule has 4 nitrogen and oxygen atoms in total. The smallest absolute Gasteiger partial charge is 0.256 e. The predicted octanol–water partition coefficient (Wildman–Crippen LogP) is 2.75. The van der Waals surface area contributed by atoms with Crippen molar-refractivity contribution in [2.45, 2.75) is 0 Å². The van der Waals surface area contributed by atoms with E-state index in [1.807, 2.05) is 29.0 Å². The topological polar surface area (TPSA) is 35.6 Å². The molecule has 2 heterocycles. The first-order chi connectivity index (χ1) is 10.2. The Balaban J connectivity index is 1.63. The third-order valence-corrected chi connectivity index (χ3v) is 4.46. The molecule has 1 aliphatic rings. The molecular weight excluding hydrogens is 282 g/mol. The Bertz CT molecular complexity index is 586. The summed E-state index contributed by atoms with van der Waals surface area (Å²) in [5, 5.41) is 6.69. The molecule has 110 valence electrons. The van der Waals surface area contributed by atoms with Crippen molar-refractivity contribution in [1.82, 2.24) is 4.90 Å². The molecule has 1 aliphatic heterocycles. The van der Waals surface area contributed by atoms with Crippen molar-refractivity contribution in [2.24, 2.45) is 0 Å². The molecule has 21 heavy (non-hydrogen) atoms. The number of rotatable bonds is 3. The zero-order valence-electron chi connectivity index (χ0n) is 12.1. The zero-order chi connectivity index (χ0) is 14.7. The fourth-order valence-electron chi connectivity index (χ4n) is 2.42. The lowest BCUT2D eigenvalue weighted by Gasteiger charge is -2.34. The first kappa shape index (κ1) is 14.1. The van der Waals surface area contributed by atoms with Crippen LogP contribution in [-0.2, 0) is 0 Å². The number of benzene rings is 1. The molecule has 3 rings (SSSR count). The Morgan fingerprint density at radius 3 is 2.43 bits per heavy atom. The molecular formula is C16H19N3OS. The molecule has 0 aliphatic carbocycles. The quantitative estimate of drug-likeness (QED) is 0.947. The summed E-state index contributed by atoms with van der Waals surface area (Å²) >= 11 is 1.53. The number of piperazine rings is 1. The number of nitrogens with zero attached hydrogens (tertiary/aromatic N) is 2. The van der Waals surface area contributed by atoms with E-state index in [0.717, 1.165) is 31.9 Å². The molecule has 1 aromatic carbocycles. The van der Waals surface area contributed by atoms with Crippen molar-refractivity contribution in [3.63, 3.8) is 0 Å². The second-order valence-electron chi connectivity index (χ2n) is 5.30. The van der Waals surface area contributed by atoms with Crippen LogP contribution in [0.2, 0.25) is 0 Å². The second kappa shape index (κ2) is 6.28. The molecule has 2 aromatic rings. The summed E-state index contributed by atoms with van der Waals surface area (Å²) in [5.41, 5.74) is 2.77. The van der Waals surface area contributed by atoms with Crippen LogP contribution >= 0.6 is 11.3 Å². The van der Waals surface area contributed by atoms with Crippen LogP contribution in [0.5, 0.6) is 0 Å². The fraction of sp³-hybridized carbons (Fsp3) is 0.312. The van der Waals surface area contributed by atoms with Gasteiger partial charge in [-0.05, 0) is 42.8 Å². The van der Waals surface area contributed by atoms with Crippen LogP contribution in [0.25, 0.3) is 0 Å². The summed E-state index contributed by atoms with van der Waals surface area (Å²) in [6.45, 7) is 4.29. The number of amides is 1. The van der Waals surface area contributed by atoms with Gasteiger partial charge in [-0.2, -0.15) is 11.3 Å². The molecule has 0 saturated carbocycles. The van der Waals surface area contributed by atoms with Gasteiger partial charge in [-0.15, -0.1) is 0 Å². The maximum Gasteiger partial charge on any atom is 0.256 e. The molecule has 0 unspecified atom stereocenters. The number of nitrogens with one attached hydrogen (secondary N) is 1. The van der Waals surface area contributed by atoms with Crippen molar-refractivity contribution in [2.75, 3.05) is 43.4 Å². The van der Waals surface area contributed by atoms with E-state index >= 15 is 0 Å². The number of hydrogen-bond acceptors (Lipinski definition) is 4. The van der Waals surface area contributed by atoms with E-state index in [0.29, 0.717) is 5.56 Å². The van der Waals surface area contributed by atoms with Crippen LogP contribution in [0.4, 0.5) is 11.4 Å². The minimum atomic E-state index is -0.0522. The number of thiophene rings is 1. The third-order valence-electron chi connectivity index (χ3n) is 3.78. The van der Waals surface area contributed by atoms with Gasteiger partial charge in [0.05, 0.1) is 5.56 Å². The number of carbonyl (C=O) groups is 1. The molecule has 1 saturated heterocycles. The normalized spacial score (nSPS) is 16.0. The largest absolute Gasteiger partial charge is 0.369 e. The summed E-state index contributed by atoms with van der Waals surface area (Å²) in [4.78, 5) is 16.7. The summed E-state index contributed by atoms with van der Waals surface area (Å²) in [5.74, 6) is -0.0522. The van der Waals surface area contributed by atoms with Gasteiger partial charge >= 0.3 is 0 Å². The minimum Gasteiger partial charge on any atom is -0.369 e. The molecule has 0 spiro atoms. The lowest BCUT2D eigenvalue weighted by atomic mass is 10.2. The molecule has 0 atom stereocenters. The molecule has 0 radical (unpaired) electrons. The Labute approximate surface area is 129 Å². The van der Waals surface area contributed by atoms with E-state index in [1.54, 1.807) is 0 Å². The Hall–Kier alpha value is -1.85. The highest BCUT2D eigenvalue weighted by Crippen LogP contribution is 2.20. The summed E-state index contributed by atoms with van der Waals surface area (Å²) < 4.78 is 0. The van der Waals surface area contributed by atoms with Crippen LogP contribution in [0, 0.1) is 0 Å². The first-order valence-corrected chi connectivity index (χ1v) is 8.04. The predicted molar refractivity (Wildman–Crippen MR) is 88.4 cm³/mol. The van der Waals surface area contributed by atoms with Crippen LogP contribution in [0.1, 0.15) is 10.4 Å². The number of hydrogen-bond donors (Lipinski definition) is 1. The zero-order valence-corrected chi connectivity index (χ0v) is 12.9. The summed E-state index contributed by atoms with van der Waals surface area (Å²) in [7, 11) is 2.15. The van der Waals surface area contributed by atoms with E-state index in [1.165, 1.54) is 17.0 Å². The van der Waals surface area contributed by atoms with Gasteiger partial charge in [0.1, 0.15) is 0 Å². The van der Waals surface area contributed by atoms with Gasteiger partial charge in [0.15, 0.2) is 0 Å². The van der Waals surface area contributed by atoms with Gasteiger partial charge in [0, 0.05) is 42.9 Å². The van der Waals surface area contributed by atoms with Gasteiger partial charge in [-0.25, -0.2) is 0 Å². The summed E-state index contributed by atoms with van der Waals surface area (Å²) in [6, 6.07) is 9.93. The highest BCUT2D eigenvalue weighted by atomic mass is 32.1. The fourth-order valence-corrected chi connectivity index (χ4v) is 3.05. The number of anilines is 2. The molecule has 1 N–H and O–H groups in total. The molecule has 5 heteroatoms. The standard InChI is InChI=1S/C16H19N3OS/c1-18-7-9-19(10-8-18)15-4-2-14(3-5-15)17-16(20)13-6-11-21-12-13/h2-6,11-12H,7-10H2,1H3,(H,17,20). The Morgan fingerprint density at radius 2 is 1.81 bits per heavy atom. The summed E-state index contributed by atoms with van der Waals surface area (Å²) in [6.07, 6.45) is 0. The van der Waals surface area contributed by atoms with Gasteiger partial charge in [0.25, 0.3) is 5.91 Å². The van der Waals surface area contributed by atoms with Crippen LogP contribution < -0.4 is 10.2 Å². The van der Waals surface area contributed by atoms with Crippen molar-refractivity contribution in [3.05, 3.63) is 46.7 Å². The van der Waals surface area contributed by atoms with Crippen molar-refractivity contribution < 1.29 is 4.79 Å². The van der Waals surface area contributed by atoms with E-state index in [9.17, 15) is 4.79 Å². The van der Waals surface area contributed by atoms with Crippen LogP contribution in [-0.4, -0.2) is 44.0 Å². The number of likely N-dealkylation sites (N-methyl/N-ethyl adjacent to an activating group) is 1. The van der Waals surface area contributed by atoms with E-state index in [2.05, 4.69) is 34.3 Å². The van der Waals surface area contributed by atoms with Gasteiger partial charge in [-0.3, -0.25) is 4.79 Å². The highest BCUT2D eigenvalue weighted by Gasteiger charge is 2.14.